The first kappa shape index (κ1) is 12.0. The third-order valence-corrected chi connectivity index (χ3v) is 1.96. The van der Waals surface area contributed by atoms with Crippen molar-refractivity contribution >= 4 is 17.7 Å². The zero-order chi connectivity index (χ0) is 12.1. The van der Waals surface area contributed by atoms with Crippen molar-refractivity contribution in [3.05, 3.63) is 23.9 Å². The molecule has 1 aliphatic rings. The largest absolute Gasteiger partial charge is 0.480 e. The van der Waals surface area contributed by atoms with Crippen molar-refractivity contribution in [3.8, 4) is 0 Å². The van der Waals surface area contributed by atoms with Crippen LogP contribution in [0.3, 0.4) is 0 Å². The van der Waals surface area contributed by atoms with Gasteiger partial charge in [-0.05, 0) is 24.6 Å². The van der Waals surface area contributed by atoms with Gasteiger partial charge in [0.15, 0.2) is 0 Å². The third-order valence-electron chi connectivity index (χ3n) is 1.96. The maximum Gasteiger partial charge on any atom is 0.326 e. The first-order valence-electron chi connectivity index (χ1n) is 4.69. The van der Waals surface area contributed by atoms with Gasteiger partial charge in [-0.25, -0.2) is 9.78 Å². The summed E-state index contributed by atoms with van der Waals surface area (Å²) < 4.78 is 0. The molecule has 0 aliphatic carbocycles. The Balaban J connectivity index is 0.000000160. The Bertz CT molecular complexity index is 381. The molecule has 86 valence electrons. The molecule has 2 rings (SSSR count). The van der Waals surface area contributed by atoms with Crippen molar-refractivity contribution in [2.45, 2.75) is 19.4 Å². The number of aromatic nitrogens is 1. The Labute approximate surface area is 92.5 Å². The molecule has 1 saturated heterocycles. The Morgan fingerprint density at radius 3 is 2.56 bits per heavy atom. The van der Waals surface area contributed by atoms with Gasteiger partial charge >= 0.3 is 5.97 Å². The quantitative estimate of drug-likeness (QED) is 0.578. The van der Waals surface area contributed by atoms with E-state index in [2.05, 4.69) is 10.3 Å². The summed E-state index contributed by atoms with van der Waals surface area (Å²) in [6.07, 6.45) is 1.83. The SMILES string of the molecule is Cc1ccnc(N)c1.O=C1CC(C(=O)O)N1. The van der Waals surface area contributed by atoms with E-state index in [1.807, 2.05) is 19.1 Å². The van der Waals surface area contributed by atoms with Crippen molar-refractivity contribution in [1.29, 1.82) is 0 Å². The van der Waals surface area contributed by atoms with Crippen LogP contribution in [0.1, 0.15) is 12.0 Å². The highest BCUT2D eigenvalue weighted by atomic mass is 16.4. The molecule has 6 heteroatoms. The number of hydrogen-bond donors (Lipinski definition) is 3. The average molecular weight is 223 g/mol. The second kappa shape index (κ2) is 5.11. The third kappa shape index (κ3) is 3.56. The molecule has 1 aromatic heterocycles. The molecule has 1 fully saturated rings. The van der Waals surface area contributed by atoms with Crippen LogP contribution in [0.4, 0.5) is 5.82 Å². The molecule has 0 radical (unpaired) electrons. The van der Waals surface area contributed by atoms with Crippen LogP contribution in [0, 0.1) is 6.92 Å². The number of carbonyl (C=O) groups excluding carboxylic acids is 1. The number of nitrogen functional groups attached to an aromatic ring is 1. The molecule has 16 heavy (non-hydrogen) atoms. The first-order chi connectivity index (χ1) is 7.49. The predicted molar refractivity (Wildman–Crippen MR) is 57.6 cm³/mol. The van der Waals surface area contributed by atoms with Gasteiger partial charge in [-0.3, -0.25) is 4.79 Å². The molecular weight excluding hydrogens is 210 g/mol. The number of rotatable bonds is 1. The summed E-state index contributed by atoms with van der Waals surface area (Å²) in [6.45, 7) is 1.98. The molecule has 4 N–H and O–H groups in total. The second-order valence-electron chi connectivity index (χ2n) is 3.42. The minimum atomic E-state index is -0.954. The van der Waals surface area contributed by atoms with E-state index >= 15 is 0 Å². The van der Waals surface area contributed by atoms with Crippen LogP contribution in [0.2, 0.25) is 0 Å². The molecule has 1 aromatic rings. The molecule has 1 unspecified atom stereocenters. The Morgan fingerprint density at radius 1 is 1.69 bits per heavy atom. The summed E-state index contributed by atoms with van der Waals surface area (Å²) in [5, 5.41) is 10.3. The van der Waals surface area contributed by atoms with Gasteiger partial charge in [0, 0.05) is 6.20 Å². The number of nitrogens with zero attached hydrogens (tertiary/aromatic N) is 1. The van der Waals surface area contributed by atoms with Gasteiger partial charge < -0.3 is 16.2 Å². The van der Waals surface area contributed by atoms with Gasteiger partial charge in [0.1, 0.15) is 11.9 Å². The number of carbonyl (C=O) groups is 2. The molecule has 0 bridgehead atoms. The number of hydrogen-bond acceptors (Lipinski definition) is 4. The minimum absolute atomic E-state index is 0.134. The average Bonchev–Trinajstić information content (AvgIpc) is 2.13. The van der Waals surface area contributed by atoms with Gasteiger partial charge in [0.05, 0.1) is 6.42 Å². The van der Waals surface area contributed by atoms with Crippen LogP contribution in [-0.4, -0.2) is 28.0 Å². The van der Waals surface area contributed by atoms with Gasteiger partial charge in [-0.2, -0.15) is 0 Å². The highest BCUT2D eigenvalue weighted by molar-refractivity contribution is 5.94. The van der Waals surface area contributed by atoms with Gasteiger partial charge in [0.2, 0.25) is 5.91 Å². The Kier molecular flexibility index (Phi) is 3.82. The van der Waals surface area contributed by atoms with E-state index in [4.69, 9.17) is 10.8 Å². The van der Waals surface area contributed by atoms with E-state index < -0.39 is 12.0 Å². The maximum absolute atomic E-state index is 10.0. The van der Waals surface area contributed by atoms with Crippen LogP contribution in [0.15, 0.2) is 18.3 Å². The molecular formula is C10H13N3O3. The highest BCUT2D eigenvalue weighted by Crippen LogP contribution is 2.02. The van der Waals surface area contributed by atoms with Gasteiger partial charge in [0.25, 0.3) is 0 Å². The summed E-state index contributed by atoms with van der Waals surface area (Å²) in [7, 11) is 0. The summed E-state index contributed by atoms with van der Waals surface area (Å²) in [4.78, 5) is 23.8. The fraction of sp³-hybridized carbons (Fsp3) is 0.300. The lowest BCUT2D eigenvalue weighted by Gasteiger charge is -2.21. The number of amides is 1. The van der Waals surface area contributed by atoms with E-state index in [1.165, 1.54) is 0 Å². The van der Waals surface area contributed by atoms with Crippen LogP contribution < -0.4 is 11.1 Å². The molecule has 0 aromatic carbocycles. The lowest BCUT2D eigenvalue weighted by molar-refractivity contribution is -0.147. The highest BCUT2D eigenvalue weighted by Gasteiger charge is 2.31. The van der Waals surface area contributed by atoms with Crippen LogP contribution in [-0.2, 0) is 9.59 Å². The first-order valence-corrected chi connectivity index (χ1v) is 4.69. The summed E-state index contributed by atoms with van der Waals surface area (Å²) in [6, 6.07) is 3.12. The minimum Gasteiger partial charge on any atom is -0.480 e. The van der Waals surface area contributed by atoms with Crippen LogP contribution in [0.25, 0.3) is 0 Å². The predicted octanol–water partition coefficient (Wildman–Crippen LogP) is -0.0683. The Morgan fingerprint density at radius 2 is 2.31 bits per heavy atom. The van der Waals surface area contributed by atoms with Crippen LogP contribution in [0.5, 0.6) is 0 Å². The number of carboxylic acids is 1. The number of β-lactam (4-membered cyclic amide) rings is 1. The van der Waals surface area contributed by atoms with Crippen molar-refractivity contribution in [3.63, 3.8) is 0 Å². The normalized spacial score (nSPS) is 17.6. The fourth-order valence-corrected chi connectivity index (χ4v) is 1.07. The molecule has 1 aliphatic heterocycles. The van der Waals surface area contributed by atoms with Crippen LogP contribution >= 0.6 is 0 Å². The fourth-order valence-electron chi connectivity index (χ4n) is 1.07. The van der Waals surface area contributed by atoms with Crippen molar-refractivity contribution in [2.24, 2.45) is 0 Å². The van der Waals surface area contributed by atoms with E-state index in [-0.39, 0.29) is 12.3 Å². The van der Waals surface area contributed by atoms with E-state index in [0.717, 1.165) is 5.56 Å². The zero-order valence-electron chi connectivity index (χ0n) is 8.80. The molecule has 6 nitrogen and oxygen atoms in total. The van der Waals surface area contributed by atoms with E-state index in [0.29, 0.717) is 5.82 Å². The number of aryl methyl sites for hydroxylation is 1. The lowest BCUT2D eigenvalue weighted by Crippen LogP contribution is -2.53. The molecule has 0 spiro atoms. The number of nitrogens with two attached hydrogens (primary N) is 1. The van der Waals surface area contributed by atoms with Crippen molar-refractivity contribution in [2.75, 3.05) is 5.73 Å². The number of nitrogens with one attached hydrogen (secondary N) is 1. The molecule has 0 saturated carbocycles. The smallest absolute Gasteiger partial charge is 0.326 e. The van der Waals surface area contributed by atoms with Gasteiger partial charge in [-0.15, -0.1) is 0 Å². The summed E-state index contributed by atoms with van der Waals surface area (Å²) >= 11 is 0. The molecule has 1 atom stereocenters. The standard InChI is InChI=1S/C6H8N2.C4H5NO3/c1-5-2-3-8-6(7)4-5;6-3-1-2(5-3)4(7)8/h2-4H,1H3,(H2,7,8);2H,1H2,(H,5,6)(H,7,8). The van der Waals surface area contributed by atoms with Gasteiger partial charge in [-0.1, -0.05) is 0 Å². The van der Waals surface area contributed by atoms with Crippen molar-refractivity contribution in [1.82, 2.24) is 10.3 Å². The monoisotopic (exact) mass is 223 g/mol. The Hall–Kier alpha value is -2.11. The molecule has 2 heterocycles. The number of aliphatic carboxylic acids is 1. The van der Waals surface area contributed by atoms with E-state index in [9.17, 15) is 9.59 Å². The zero-order valence-corrected chi connectivity index (χ0v) is 8.80. The summed E-state index contributed by atoms with van der Waals surface area (Å²) in [5.41, 5.74) is 6.50. The number of carboxylic acid groups (broad SMARTS) is 1. The maximum atomic E-state index is 10.0. The topological polar surface area (TPSA) is 105 Å². The molecule has 1 amide bonds. The lowest BCUT2D eigenvalue weighted by atomic mass is 10.1. The van der Waals surface area contributed by atoms with E-state index in [1.54, 1.807) is 6.20 Å². The summed E-state index contributed by atoms with van der Waals surface area (Å²) in [5.74, 6) is -0.549. The number of pyridine rings is 1. The number of anilines is 1. The second-order valence-corrected chi connectivity index (χ2v) is 3.42. The van der Waals surface area contributed by atoms with Crippen molar-refractivity contribution < 1.29 is 14.7 Å².